The van der Waals surface area contributed by atoms with Crippen molar-refractivity contribution in [2.75, 3.05) is 47.8 Å². The SMILES string of the molecule is CN1c2cccc(n2)N(C)c2ccc3c(n2)N(C)c2cccc(n2)N(C)c2nc1ccc2/C=C\3. The van der Waals surface area contributed by atoms with Gasteiger partial charge in [0.25, 0.3) is 0 Å². The van der Waals surface area contributed by atoms with Gasteiger partial charge < -0.3 is 19.6 Å². The van der Waals surface area contributed by atoms with Gasteiger partial charge in [0.1, 0.15) is 46.5 Å². The molecular formula is C26H24N8. The second kappa shape index (κ2) is 7.55. The minimum Gasteiger partial charge on any atom is -0.314 e. The minimum atomic E-state index is 0.794. The van der Waals surface area contributed by atoms with Crippen LogP contribution < -0.4 is 19.6 Å². The van der Waals surface area contributed by atoms with Crippen molar-refractivity contribution in [3.8, 4) is 0 Å². The van der Waals surface area contributed by atoms with Crippen LogP contribution in [0.2, 0.25) is 0 Å². The van der Waals surface area contributed by atoms with Crippen molar-refractivity contribution >= 4 is 58.7 Å². The Kier molecular flexibility index (Phi) is 4.48. The summed E-state index contributed by atoms with van der Waals surface area (Å²) in [5, 5.41) is 0. The highest BCUT2D eigenvalue weighted by molar-refractivity contribution is 5.84. The van der Waals surface area contributed by atoms with Gasteiger partial charge in [-0.15, -0.1) is 0 Å². The van der Waals surface area contributed by atoms with Gasteiger partial charge in [-0.3, -0.25) is 0 Å². The molecule has 0 spiro atoms. The van der Waals surface area contributed by atoms with Crippen LogP contribution in [0.1, 0.15) is 11.1 Å². The Morgan fingerprint density at radius 2 is 0.765 bits per heavy atom. The van der Waals surface area contributed by atoms with Crippen LogP contribution in [-0.4, -0.2) is 48.1 Å². The Bertz CT molecular complexity index is 1350. The van der Waals surface area contributed by atoms with Crippen molar-refractivity contribution < 1.29 is 0 Å². The van der Waals surface area contributed by atoms with E-state index in [-0.39, 0.29) is 0 Å². The van der Waals surface area contributed by atoms with E-state index in [4.69, 9.17) is 19.9 Å². The van der Waals surface area contributed by atoms with Gasteiger partial charge in [-0.05, 0) is 48.5 Å². The quantitative estimate of drug-likeness (QED) is 0.367. The number of aromatic nitrogens is 4. The number of nitrogens with zero attached hydrogens (tertiary/aromatic N) is 8. The molecule has 34 heavy (non-hydrogen) atoms. The zero-order valence-electron chi connectivity index (χ0n) is 19.5. The third-order valence-corrected chi connectivity index (χ3v) is 6.36. The van der Waals surface area contributed by atoms with E-state index in [0.29, 0.717) is 0 Å². The molecule has 5 aliphatic rings. The van der Waals surface area contributed by atoms with E-state index in [2.05, 4.69) is 24.3 Å². The molecule has 4 aromatic heterocycles. The molecule has 9 heterocycles. The summed E-state index contributed by atoms with van der Waals surface area (Å²) in [7, 11) is 7.95. The topological polar surface area (TPSA) is 64.5 Å². The molecule has 5 aliphatic heterocycles. The Hall–Kier alpha value is -4.46. The fourth-order valence-corrected chi connectivity index (χ4v) is 4.27. The standard InChI is InChI=1S/C26H24N8/c1-31-19-7-5-8-20(27-19)32(2)24-16-14-18-12-11-17-13-15-23(31)29-25(17)33(3)21-9-6-10-22(28-21)34(4)26(18)30-24/h5-16H,1-4H3/b12-11-. The number of hydrogen-bond donors (Lipinski definition) is 0. The van der Waals surface area contributed by atoms with Crippen molar-refractivity contribution in [2.24, 2.45) is 0 Å². The molecule has 168 valence electrons. The number of anilines is 8. The van der Waals surface area contributed by atoms with Crippen molar-refractivity contribution in [3.63, 3.8) is 0 Å². The Balaban J connectivity index is 1.72. The maximum absolute atomic E-state index is 5.05. The van der Waals surface area contributed by atoms with Crippen LogP contribution in [0.5, 0.6) is 0 Å². The summed E-state index contributed by atoms with van der Waals surface area (Å²) in [5.74, 6) is 6.40. The van der Waals surface area contributed by atoms with E-state index >= 15 is 0 Å². The molecule has 0 fully saturated rings. The van der Waals surface area contributed by atoms with E-state index in [0.717, 1.165) is 57.7 Å². The maximum Gasteiger partial charge on any atom is 0.143 e. The van der Waals surface area contributed by atoms with Gasteiger partial charge in [0.05, 0.1) is 0 Å². The second-order valence-corrected chi connectivity index (χ2v) is 8.44. The fourth-order valence-electron chi connectivity index (χ4n) is 4.27. The summed E-state index contributed by atoms with van der Waals surface area (Å²) in [4.78, 5) is 28.0. The smallest absolute Gasteiger partial charge is 0.143 e. The second-order valence-electron chi connectivity index (χ2n) is 8.44. The van der Waals surface area contributed by atoms with Gasteiger partial charge >= 0.3 is 0 Å². The monoisotopic (exact) mass is 448 g/mol. The molecule has 8 nitrogen and oxygen atoms in total. The lowest BCUT2D eigenvalue weighted by atomic mass is 10.1. The van der Waals surface area contributed by atoms with E-state index in [1.165, 1.54) is 0 Å². The summed E-state index contributed by atoms with van der Waals surface area (Å²) < 4.78 is 0. The minimum absolute atomic E-state index is 0.794. The molecule has 8 heteroatoms. The highest BCUT2D eigenvalue weighted by Crippen LogP contribution is 2.36. The largest absolute Gasteiger partial charge is 0.314 e. The molecule has 0 atom stereocenters. The summed E-state index contributed by atoms with van der Waals surface area (Å²) in [6.45, 7) is 0. The van der Waals surface area contributed by atoms with E-state index < -0.39 is 0 Å². The van der Waals surface area contributed by atoms with E-state index in [9.17, 15) is 0 Å². The van der Waals surface area contributed by atoms with Crippen LogP contribution in [0, 0.1) is 0 Å². The van der Waals surface area contributed by atoms with Crippen molar-refractivity contribution in [3.05, 3.63) is 71.8 Å². The first-order valence-electron chi connectivity index (χ1n) is 11.1. The molecule has 0 aliphatic carbocycles. The molecule has 0 N–H and O–H groups in total. The zero-order valence-corrected chi connectivity index (χ0v) is 19.5. The lowest BCUT2D eigenvalue weighted by molar-refractivity contribution is 0.995. The van der Waals surface area contributed by atoms with E-state index in [1.807, 2.05) is 96.3 Å². The summed E-state index contributed by atoms with van der Waals surface area (Å²) in [6.07, 6.45) is 4.18. The molecule has 0 unspecified atom stereocenters. The molecule has 0 saturated carbocycles. The molecular weight excluding hydrogens is 424 g/mol. The number of pyridine rings is 4. The Morgan fingerprint density at radius 3 is 1.18 bits per heavy atom. The van der Waals surface area contributed by atoms with Gasteiger partial charge in [0.2, 0.25) is 0 Å². The Labute approximate surface area is 198 Å². The summed E-state index contributed by atoms with van der Waals surface area (Å²) >= 11 is 0. The third-order valence-electron chi connectivity index (χ3n) is 6.36. The summed E-state index contributed by atoms with van der Waals surface area (Å²) in [6, 6.07) is 20.2. The molecule has 4 aromatic rings. The first-order valence-corrected chi connectivity index (χ1v) is 11.1. The third kappa shape index (κ3) is 3.14. The van der Waals surface area contributed by atoms with Crippen LogP contribution in [0.3, 0.4) is 0 Å². The molecule has 0 aromatic carbocycles. The Morgan fingerprint density at radius 1 is 0.412 bits per heavy atom. The molecule has 10 bridgehead atoms. The van der Waals surface area contributed by atoms with Crippen molar-refractivity contribution in [1.82, 2.24) is 19.9 Å². The first-order chi connectivity index (χ1) is 16.5. The normalized spacial score (nSPS) is 15.1. The maximum atomic E-state index is 5.05. The summed E-state index contributed by atoms with van der Waals surface area (Å²) in [5.41, 5.74) is 1.97. The number of fused-ring (bicyclic) bond motifs is 2. The molecule has 0 saturated heterocycles. The van der Waals surface area contributed by atoms with Gasteiger partial charge in [-0.1, -0.05) is 24.3 Å². The first kappa shape index (κ1) is 20.2. The van der Waals surface area contributed by atoms with Crippen LogP contribution in [0.15, 0.2) is 60.7 Å². The molecule has 0 amide bonds. The van der Waals surface area contributed by atoms with Crippen LogP contribution in [-0.2, 0) is 0 Å². The highest BCUT2D eigenvalue weighted by atomic mass is 15.3. The van der Waals surface area contributed by atoms with Crippen LogP contribution >= 0.6 is 0 Å². The molecule has 0 radical (unpaired) electrons. The number of hydrogen-bond acceptors (Lipinski definition) is 8. The average Bonchev–Trinajstić information content (AvgIpc) is 2.90. The zero-order chi connectivity index (χ0) is 23.4. The van der Waals surface area contributed by atoms with Crippen molar-refractivity contribution in [1.29, 1.82) is 0 Å². The van der Waals surface area contributed by atoms with E-state index in [1.54, 1.807) is 0 Å². The number of rotatable bonds is 0. The lowest BCUT2D eigenvalue weighted by Crippen LogP contribution is -2.21. The van der Waals surface area contributed by atoms with Gasteiger partial charge in [0, 0.05) is 39.3 Å². The van der Waals surface area contributed by atoms with Crippen molar-refractivity contribution in [2.45, 2.75) is 0 Å². The predicted molar refractivity (Wildman–Crippen MR) is 138 cm³/mol. The van der Waals surface area contributed by atoms with Gasteiger partial charge in [-0.25, -0.2) is 19.9 Å². The lowest BCUT2D eigenvalue weighted by Gasteiger charge is -2.26. The van der Waals surface area contributed by atoms with Crippen LogP contribution in [0.25, 0.3) is 12.2 Å². The highest BCUT2D eigenvalue weighted by Gasteiger charge is 2.21. The molecule has 9 rings (SSSR count). The fraction of sp³-hybridized carbons (Fsp3) is 0.154. The van der Waals surface area contributed by atoms with Gasteiger partial charge in [0.15, 0.2) is 0 Å². The predicted octanol–water partition coefficient (Wildman–Crippen LogP) is 5.14. The van der Waals surface area contributed by atoms with Gasteiger partial charge in [-0.2, -0.15) is 0 Å². The average molecular weight is 449 g/mol. The van der Waals surface area contributed by atoms with Crippen LogP contribution in [0.4, 0.5) is 46.5 Å².